The molecule has 0 amide bonds. The number of benzene rings is 1. The molecule has 1 saturated heterocycles. The monoisotopic (exact) mass is 245 g/mol. The van der Waals surface area contributed by atoms with Crippen molar-refractivity contribution in [1.29, 1.82) is 0 Å². The van der Waals surface area contributed by atoms with Crippen LogP contribution in [-0.4, -0.2) is 17.6 Å². The lowest BCUT2D eigenvalue weighted by Crippen LogP contribution is -2.32. The van der Waals surface area contributed by atoms with Gasteiger partial charge in [-0.25, -0.2) is 4.79 Å². The molecule has 2 atom stereocenters. The second-order valence-electron chi connectivity index (χ2n) is 5.19. The van der Waals surface area contributed by atoms with Crippen molar-refractivity contribution < 1.29 is 9.63 Å². The molecule has 2 aliphatic rings. The third-order valence-electron chi connectivity index (χ3n) is 4.05. The maximum atomic E-state index is 12.0. The van der Waals surface area contributed by atoms with Gasteiger partial charge in [0.2, 0.25) is 0 Å². The molecule has 0 N–H and O–H groups in total. The molecule has 2 aliphatic heterocycles. The summed E-state index contributed by atoms with van der Waals surface area (Å²) in [6, 6.07) is 8.60. The van der Waals surface area contributed by atoms with E-state index in [-0.39, 0.29) is 17.9 Å². The van der Waals surface area contributed by atoms with Gasteiger partial charge in [0, 0.05) is 6.54 Å². The third-order valence-corrected chi connectivity index (χ3v) is 4.05. The van der Waals surface area contributed by atoms with Gasteiger partial charge in [0.15, 0.2) is 0 Å². The topological polar surface area (TPSA) is 29.5 Å². The van der Waals surface area contributed by atoms with E-state index in [2.05, 4.69) is 31.2 Å². The highest BCUT2D eigenvalue weighted by Gasteiger charge is 2.45. The molecule has 3 heteroatoms. The van der Waals surface area contributed by atoms with Gasteiger partial charge in [0.1, 0.15) is 0 Å². The first kappa shape index (κ1) is 11.7. The highest BCUT2D eigenvalue weighted by Crippen LogP contribution is 2.42. The number of hydroxylamine groups is 2. The Balaban J connectivity index is 1.92. The molecule has 0 unspecified atom stereocenters. The van der Waals surface area contributed by atoms with Crippen molar-refractivity contribution in [2.75, 3.05) is 6.54 Å². The summed E-state index contributed by atoms with van der Waals surface area (Å²) in [6.07, 6.45) is 4.12. The van der Waals surface area contributed by atoms with E-state index >= 15 is 0 Å². The zero-order valence-electron chi connectivity index (χ0n) is 10.8. The fourth-order valence-electron chi connectivity index (χ4n) is 3.11. The fraction of sp³-hybridized carbons (Fsp3) is 0.533. The summed E-state index contributed by atoms with van der Waals surface area (Å²) in [5.74, 6) is -0.0171. The van der Waals surface area contributed by atoms with Crippen LogP contribution in [0.4, 0.5) is 0 Å². The van der Waals surface area contributed by atoms with E-state index in [1.807, 2.05) is 5.06 Å². The number of carbonyl (C=O) groups is 1. The normalized spacial score (nSPS) is 26.6. The predicted molar refractivity (Wildman–Crippen MR) is 68.7 cm³/mol. The number of hydrogen-bond acceptors (Lipinski definition) is 3. The summed E-state index contributed by atoms with van der Waals surface area (Å²) in [5, 5.41) is 1.89. The zero-order valence-corrected chi connectivity index (χ0v) is 10.8. The summed E-state index contributed by atoms with van der Waals surface area (Å²) in [5.41, 5.74) is 2.66. The highest BCUT2D eigenvalue weighted by atomic mass is 16.7. The van der Waals surface area contributed by atoms with E-state index < -0.39 is 0 Å². The van der Waals surface area contributed by atoms with Gasteiger partial charge in [0.25, 0.3) is 0 Å². The summed E-state index contributed by atoms with van der Waals surface area (Å²) in [4.78, 5) is 17.4. The van der Waals surface area contributed by atoms with Crippen LogP contribution in [0.5, 0.6) is 0 Å². The van der Waals surface area contributed by atoms with E-state index in [4.69, 9.17) is 4.84 Å². The van der Waals surface area contributed by atoms with Gasteiger partial charge in [-0.2, -0.15) is 0 Å². The van der Waals surface area contributed by atoms with Crippen LogP contribution >= 0.6 is 0 Å². The Morgan fingerprint density at radius 2 is 2.22 bits per heavy atom. The van der Waals surface area contributed by atoms with Crippen molar-refractivity contribution in [3.8, 4) is 0 Å². The average Bonchev–Trinajstić information content (AvgIpc) is 2.72. The SMILES string of the molecule is CCCC[C@@H]1C(=O)ON2CCc3ccccc3[C@@H]12. The lowest BCUT2D eigenvalue weighted by Gasteiger charge is -2.30. The molecule has 3 nitrogen and oxygen atoms in total. The number of nitrogens with zero attached hydrogens (tertiary/aromatic N) is 1. The molecule has 3 rings (SSSR count). The second-order valence-corrected chi connectivity index (χ2v) is 5.19. The molecule has 18 heavy (non-hydrogen) atoms. The Morgan fingerprint density at radius 1 is 1.39 bits per heavy atom. The van der Waals surface area contributed by atoms with Crippen molar-refractivity contribution in [3.63, 3.8) is 0 Å². The Labute approximate surface area is 108 Å². The summed E-state index contributed by atoms with van der Waals surface area (Å²) in [7, 11) is 0. The van der Waals surface area contributed by atoms with Gasteiger partial charge in [0.05, 0.1) is 12.0 Å². The third kappa shape index (κ3) is 1.83. The number of rotatable bonds is 3. The van der Waals surface area contributed by atoms with Gasteiger partial charge < -0.3 is 4.84 Å². The van der Waals surface area contributed by atoms with Gasteiger partial charge >= 0.3 is 5.97 Å². The van der Waals surface area contributed by atoms with Crippen LogP contribution < -0.4 is 0 Å². The van der Waals surface area contributed by atoms with Crippen molar-refractivity contribution in [2.24, 2.45) is 5.92 Å². The first-order valence-corrected chi connectivity index (χ1v) is 6.87. The largest absolute Gasteiger partial charge is 0.367 e. The molecule has 0 spiro atoms. The minimum atomic E-state index is -0.0369. The van der Waals surface area contributed by atoms with Gasteiger partial charge in [-0.05, 0) is 24.0 Å². The van der Waals surface area contributed by atoms with Crippen LogP contribution in [0.15, 0.2) is 24.3 Å². The highest BCUT2D eigenvalue weighted by molar-refractivity contribution is 5.75. The summed E-state index contributed by atoms with van der Waals surface area (Å²) < 4.78 is 0. The fourth-order valence-corrected chi connectivity index (χ4v) is 3.11. The molecule has 0 saturated carbocycles. The van der Waals surface area contributed by atoms with Crippen molar-refractivity contribution >= 4 is 5.97 Å². The molecular weight excluding hydrogens is 226 g/mol. The second kappa shape index (κ2) is 4.73. The van der Waals surface area contributed by atoms with Crippen LogP contribution in [0.2, 0.25) is 0 Å². The van der Waals surface area contributed by atoms with E-state index in [1.54, 1.807) is 0 Å². The molecule has 1 aromatic rings. The number of carbonyl (C=O) groups excluding carboxylic acids is 1. The summed E-state index contributed by atoms with van der Waals surface area (Å²) >= 11 is 0. The van der Waals surface area contributed by atoms with E-state index in [0.29, 0.717) is 0 Å². The lowest BCUT2D eigenvalue weighted by molar-refractivity contribution is -0.176. The number of fused-ring (bicyclic) bond motifs is 3. The Kier molecular flexibility index (Phi) is 3.08. The minimum absolute atomic E-state index is 0.0198. The smallest absolute Gasteiger partial charge is 0.330 e. The van der Waals surface area contributed by atoms with E-state index in [0.717, 1.165) is 32.2 Å². The van der Waals surface area contributed by atoms with Crippen molar-refractivity contribution in [3.05, 3.63) is 35.4 Å². The first-order valence-electron chi connectivity index (χ1n) is 6.87. The number of unbranched alkanes of at least 4 members (excludes halogenated alkanes) is 1. The van der Waals surface area contributed by atoms with Crippen LogP contribution in [-0.2, 0) is 16.1 Å². The molecule has 96 valence electrons. The molecule has 0 aromatic heterocycles. The van der Waals surface area contributed by atoms with Gasteiger partial charge in [-0.3, -0.25) is 0 Å². The molecule has 0 aliphatic carbocycles. The summed E-state index contributed by atoms with van der Waals surface area (Å²) in [6.45, 7) is 2.99. The minimum Gasteiger partial charge on any atom is -0.367 e. The van der Waals surface area contributed by atoms with Gasteiger partial charge in [-0.15, -0.1) is 5.06 Å². The standard InChI is InChI=1S/C15H19NO2/c1-2-3-7-13-14-12-8-5-4-6-11(12)9-10-16(14)18-15(13)17/h4-6,8,13-14H,2-3,7,9-10H2,1H3/t13-,14-/m0/s1. The maximum Gasteiger partial charge on any atom is 0.330 e. The average molecular weight is 245 g/mol. The Bertz CT molecular complexity index is 458. The van der Waals surface area contributed by atoms with E-state index in [1.165, 1.54) is 11.1 Å². The van der Waals surface area contributed by atoms with Crippen molar-refractivity contribution in [2.45, 2.75) is 38.6 Å². The molecule has 0 bridgehead atoms. The molecule has 2 heterocycles. The Morgan fingerprint density at radius 3 is 3.06 bits per heavy atom. The van der Waals surface area contributed by atoms with Crippen LogP contribution in [0, 0.1) is 5.92 Å². The maximum absolute atomic E-state index is 12.0. The molecule has 0 radical (unpaired) electrons. The van der Waals surface area contributed by atoms with E-state index in [9.17, 15) is 4.79 Å². The van der Waals surface area contributed by atoms with Crippen LogP contribution in [0.25, 0.3) is 0 Å². The van der Waals surface area contributed by atoms with Gasteiger partial charge in [-0.1, -0.05) is 44.0 Å². The molecular formula is C15H19NO2. The molecule has 1 fully saturated rings. The zero-order chi connectivity index (χ0) is 12.5. The number of hydrogen-bond donors (Lipinski definition) is 0. The first-order chi connectivity index (χ1) is 8.81. The molecule has 1 aromatic carbocycles. The quantitative estimate of drug-likeness (QED) is 0.820. The Hall–Kier alpha value is -1.35. The van der Waals surface area contributed by atoms with Crippen molar-refractivity contribution in [1.82, 2.24) is 5.06 Å². The lowest BCUT2D eigenvalue weighted by atomic mass is 9.84. The van der Waals surface area contributed by atoms with Crippen LogP contribution in [0.3, 0.4) is 0 Å². The van der Waals surface area contributed by atoms with Crippen LogP contribution in [0.1, 0.15) is 43.4 Å². The predicted octanol–water partition coefficient (Wildman–Crippen LogP) is 2.86.